The molecule has 1 aliphatic rings. The summed E-state index contributed by atoms with van der Waals surface area (Å²) >= 11 is 0. The summed E-state index contributed by atoms with van der Waals surface area (Å²) in [6.07, 6.45) is 0. The second-order valence-electron chi connectivity index (χ2n) is 7.67. The molecule has 1 aliphatic heterocycles. The van der Waals surface area contributed by atoms with E-state index in [-0.39, 0.29) is 11.6 Å². The van der Waals surface area contributed by atoms with E-state index in [1.807, 2.05) is 31.7 Å². The maximum atomic E-state index is 12.3. The van der Waals surface area contributed by atoms with Gasteiger partial charge in [-0.15, -0.1) is 0 Å². The zero-order chi connectivity index (χ0) is 20.2. The highest BCUT2D eigenvalue weighted by Gasteiger charge is 2.27. The Labute approximate surface area is 158 Å². The van der Waals surface area contributed by atoms with E-state index in [0.717, 1.165) is 5.69 Å². The second kappa shape index (κ2) is 8.34. The molecule has 3 amide bonds. The SMILES string of the molecule is CC(C(=O)NC(=O)NC(C)(C)C)N1CCN(c2cccc([N+](=O)[O-])c2)CC1. The number of nitrogens with one attached hydrogen (secondary N) is 2. The van der Waals surface area contributed by atoms with Gasteiger partial charge in [-0.3, -0.25) is 25.1 Å². The van der Waals surface area contributed by atoms with Crippen molar-refractivity contribution in [3.05, 3.63) is 34.4 Å². The van der Waals surface area contributed by atoms with Gasteiger partial charge in [-0.2, -0.15) is 0 Å². The highest BCUT2D eigenvalue weighted by atomic mass is 16.6. The number of urea groups is 1. The van der Waals surface area contributed by atoms with Crippen molar-refractivity contribution in [1.29, 1.82) is 0 Å². The van der Waals surface area contributed by atoms with Gasteiger partial charge in [0.25, 0.3) is 5.69 Å². The number of benzene rings is 1. The van der Waals surface area contributed by atoms with Crippen LogP contribution < -0.4 is 15.5 Å². The normalized spacial score (nSPS) is 16.5. The highest BCUT2D eigenvalue weighted by molar-refractivity contribution is 5.97. The molecule has 0 bridgehead atoms. The lowest BCUT2D eigenvalue weighted by Crippen LogP contribution is -2.56. The molecule has 1 atom stereocenters. The Balaban J connectivity index is 1.89. The third-order valence-corrected chi connectivity index (χ3v) is 4.37. The molecule has 0 aromatic heterocycles. The van der Waals surface area contributed by atoms with Gasteiger partial charge < -0.3 is 10.2 Å². The predicted octanol–water partition coefficient (Wildman–Crippen LogP) is 1.73. The van der Waals surface area contributed by atoms with Crippen molar-refractivity contribution in [2.24, 2.45) is 0 Å². The van der Waals surface area contributed by atoms with E-state index < -0.39 is 22.5 Å². The summed E-state index contributed by atoms with van der Waals surface area (Å²) in [5, 5.41) is 16.0. The second-order valence-corrected chi connectivity index (χ2v) is 7.67. The van der Waals surface area contributed by atoms with Crippen LogP contribution in [-0.4, -0.2) is 59.5 Å². The summed E-state index contributed by atoms with van der Waals surface area (Å²) in [6, 6.07) is 5.59. The maximum absolute atomic E-state index is 12.3. The van der Waals surface area contributed by atoms with E-state index >= 15 is 0 Å². The number of hydrogen-bond donors (Lipinski definition) is 2. The third-order valence-electron chi connectivity index (χ3n) is 4.37. The van der Waals surface area contributed by atoms with Crippen LogP contribution in [-0.2, 0) is 4.79 Å². The topological polar surface area (TPSA) is 108 Å². The molecule has 148 valence electrons. The van der Waals surface area contributed by atoms with E-state index in [1.54, 1.807) is 19.1 Å². The molecule has 9 heteroatoms. The fraction of sp³-hybridized carbons (Fsp3) is 0.556. The number of anilines is 1. The van der Waals surface area contributed by atoms with Crippen LogP contribution in [0.3, 0.4) is 0 Å². The number of nitro benzene ring substituents is 1. The zero-order valence-corrected chi connectivity index (χ0v) is 16.2. The number of amides is 3. The highest BCUT2D eigenvalue weighted by Crippen LogP contribution is 2.22. The summed E-state index contributed by atoms with van der Waals surface area (Å²) in [5.74, 6) is -0.347. The van der Waals surface area contributed by atoms with Crippen LogP contribution in [0.15, 0.2) is 24.3 Å². The molecule has 9 nitrogen and oxygen atoms in total. The zero-order valence-electron chi connectivity index (χ0n) is 16.2. The van der Waals surface area contributed by atoms with Crippen LogP contribution in [0.1, 0.15) is 27.7 Å². The minimum atomic E-state index is -0.505. The fourth-order valence-corrected chi connectivity index (χ4v) is 2.92. The number of hydrogen-bond acceptors (Lipinski definition) is 6. The quantitative estimate of drug-likeness (QED) is 0.611. The Hall–Kier alpha value is -2.68. The lowest BCUT2D eigenvalue weighted by atomic mass is 10.1. The van der Waals surface area contributed by atoms with E-state index in [4.69, 9.17) is 0 Å². The average molecular weight is 377 g/mol. The van der Waals surface area contributed by atoms with E-state index in [1.165, 1.54) is 6.07 Å². The first-order chi connectivity index (χ1) is 12.6. The molecule has 1 heterocycles. The molecule has 0 aliphatic carbocycles. The van der Waals surface area contributed by atoms with Gasteiger partial charge in [0.15, 0.2) is 0 Å². The van der Waals surface area contributed by atoms with Gasteiger partial charge in [0, 0.05) is 49.5 Å². The monoisotopic (exact) mass is 377 g/mol. The number of rotatable bonds is 4. The van der Waals surface area contributed by atoms with Crippen LogP contribution in [0, 0.1) is 10.1 Å². The summed E-state index contributed by atoms with van der Waals surface area (Å²) in [6.45, 7) is 9.83. The molecule has 27 heavy (non-hydrogen) atoms. The van der Waals surface area contributed by atoms with Crippen LogP contribution in [0.4, 0.5) is 16.2 Å². The van der Waals surface area contributed by atoms with Crippen molar-refractivity contribution in [3.63, 3.8) is 0 Å². The predicted molar refractivity (Wildman–Crippen MR) is 103 cm³/mol. The first-order valence-electron chi connectivity index (χ1n) is 8.93. The first-order valence-corrected chi connectivity index (χ1v) is 8.93. The molecule has 0 saturated carbocycles. The number of non-ortho nitro benzene ring substituents is 1. The molecule has 1 aromatic rings. The maximum Gasteiger partial charge on any atom is 0.321 e. The van der Waals surface area contributed by atoms with Gasteiger partial charge >= 0.3 is 6.03 Å². The lowest BCUT2D eigenvalue weighted by molar-refractivity contribution is -0.384. The molecule has 0 spiro atoms. The van der Waals surface area contributed by atoms with Gasteiger partial charge in [0.1, 0.15) is 0 Å². The summed E-state index contributed by atoms with van der Waals surface area (Å²) in [7, 11) is 0. The van der Waals surface area contributed by atoms with Crippen molar-refractivity contribution in [1.82, 2.24) is 15.5 Å². The minimum absolute atomic E-state index is 0.0625. The molecular formula is C18H27N5O4. The molecular weight excluding hydrogens is 350 g/mol. The first kappa shape index (κ1) is 20.6. The number of nitro groups is 1. The molecule has 1 saturated heterocycles. The van der Waals surface area contributed by atoms with Crippen LogP contribution >= 0.6 is 0 Å². The molecule has 1 unspecified atom stereocenters. The lowest BCUT2D eigenvalue weighted by Gasteiger charge is -2.38. The summed E-state index contributed by atoms with van der Waals surface area (Å²) < 4.78 is 0. The Bertz CT molecular complexity index is 708. The fourth-order valence-electron chi connectivity index (χ4n) is 2.92. The van der Waals surface area contributed by atoms with E-state index in [0.29, 0.717) is 26.2 Å². The number of carbonyl (C=O) groups is 2. The number of imide groups is 1. The van der Waals surface area contributed by atoms with Crippen molar-refractivity contribution in [2.75, 3.05) is 31.1 Å². The number of carbonyl (C=O) groups excluding carboxylic acids is 2. The van der Waals surface area contributed by atoms with Crippen molar-refractivity contribution >= 4 is 23.3 Å². The van der Waals surface area contributed by atoms with Gasteiger partial charge in [0.05, 0.1) is 11.0 Å². The number of nitrogens with zero attached hydrogens (tertiary/aromatic N) is 3. The Morgan fingerprint density at radius 2 is 1.81 bits per heavy atom. The largest absolute Gasteiger partial charge is 0.369 e. The van der Waals surface area contributed by atoms with Gasteiger partial charge in [-0.1, -0.05) is 6.07 Å². The molecule has 2 rings (SSSR count). The van der Waals surface area contributed by atoms with Gasteiger partial charge in [-0.25, -0.2) is 4.79 Å². The van der Waals surface area contributed by atoms with Crippen molar-refractivity contribution in [2.45, 2.75) is 39.3 Å². The van der Waals surface area contributed by atoms with E-state index in [9.17, 15) is 19.7 Å². The Morgan fingerprint density at radius 1 is 1.19 bits per heavy atom. The third kappa shape index (κ3) is 5.92. The number of piperazine rings is 1. The van der Waals surface area contributed by atoms with Crippen LogP contribution in [0.25, 0.3) is 0 Å². The van der Waals surface area contributed by atoms with Gasteiger partial charge in [0.2, 0.25) is 5.91 Å². The van der Waals surface area contributed by atoms with Gasteiger partial charge in [-0.05, 0) is 33.8 Å². The van der Waals surface area contributed by atoms with Crippen molar-refractivity contribution < 1.29 is 14.5 Å². The average Bonchev–Trinajstić information content (AvgIpc) is 2.59. The smallest absolute Gasteiger partial charge is 0.321 e. The summed E-state index contributed by atoms with van der Waals surface area (Å²) in [4.78, 5) is 38.7. The Morgan fingerprint density at radius 3 is 2.37 bits per heavy atom. The molecule has 2 N–H and O–H groups in total. The molecule has 1 aromatic carbocycles. The van der Waals surface area contributed by atoms with Crippen molar-refractivity contribution in [3.8, 4) is 0 Å². The Kier molecular flexibility index (Phi) is 6.37. The van der Waals surface area contributed by atoms with E-state index in [2.05, 4.69) is 15.5 Å². The standard InChI is InChI=1S/C18H27N5O4/c1-13(16(24)19-17(25)20-18(2,3)4)21-8-10-22(11-9-21)14-6-5-7-15(12-14)23(26)27/h5-7,12-13H,8-11H2,1-4H3,(H2,19,20,24,25). The molecule has 1 fully saturated rings. The summed E-state index contributed by atoms with van der Waals surface area (Å²) in [5.41, 5.74) is 0.440. The molecule has 0 radical (unpaired) electrons. The minimum Gasteiger partial charge on any atom is -0.369 e. The van der Waals surface area contributed by atoms with Crippen LogP contribution in [0.2, 0.25) is 0 Å². The van der Waals surface area contributed by atoms with Crippen LogP contribution in [0.5, 0.6) is 0 Å².